The van der Waals surface area contributed by atoms with E-state index in [9.17, 15) is 13.5 Å². The largest absolute Gasteiger partial charge is 0.393 e. The van der Waals surface area contributed by atoms with Crippen molar-refractivity contribution in [2.75, 3.05) is 0 Å². The van der Waals surface area contributed by atoms with Crippen LogP contribution in [0.25, 0.3) is 0 Å². The Bertz CT molecular complexity index is 395. The molecule has 4 nitrogen and oxygen atoms in total. The Morgan fingerprint density at radius 1 is 0.654 bits per heavy atom. The quantitative estimate of drug-likeness (QED) is 0.200. The van der Waals surface area contributed by atoms with Gasteiger partial charge in [-0.2, -0.15) is 8.42 Å². The number of hydrogen-bond donors (Lipinski definition) is 2. The second-order valence-corrected chi connectivity index (χ2v) is 9.78. The van der Waals surface area contributed by atoms with Crippen molar-refractivity contribution in [2.45, 2.75) is 134 Å². The lowest BCUT2D eigenvalue weighted by molar-refractivity contribution is 0.147. The summed E-state index contributed by atoms with van der Waals surface area (Å²) in [6.45, 7) is 3.80. The van der Waals surface area contributed by atoms with Gasteiger partial charge in [0.1, 0.15) is 0 Å². The van der Waals surface area contributed by atoms with Crippen molar-refractivity contribution >= 4 is 10.1 Å². The van der Waals surface area contributed by atoms with Crippen LogP contribution in [0.2, 0.25) is 0 Å². The Labute approximate surface area is 162 Å². The van der Waals surface area contributed by atoms with Crippen LogP contribution in [-0.2, 0) is 10.1 Å². The molecule has 0 aliphatic heterocycles. The third-order valence-corrected chi connectivity index (χ3v) is 6.55. The van der Waals surface area contributed by atoms with E-state index in [4.69, 9.17) is 4.55 Å². The Kier molecular flexibility index (Phi) is 16.9. The van der Waals surface area contributed by atoms with E-state index in [0.29, 0.717) is 6.42 Å². The minimum atomic E-state index is -3.86. The van der Waals surface area contributed by atoms with Crippen molar-refractivity contribution in [2.24, 2.45) is 0 Å². The van der Waals surface area contributed by atoms with E-state index in [1.807, 2.05) is 0 Å². The maximum Gasteiger partial charge on any atom is 0.267 e. The lowest BCUT2D eigenvalue weighted by Gasteiger charge is -2.10. The molecule has 0 spiro atoms. The van der Waals surface area contributed by atoms with Crippen LogP contribution in [0.5, 0.6) is 0 Å². The number of aliphatic hydroxyl groups is 1. The third kappa shape index (κ3) is 17.3. The van der Waals surface area contributed by atoms with Crippen molar-refractivity contribution < 1.29 is 18.1 Å². The molecule has 0 aliphatic carbocycles. The van der Waals surface area contributed by atoms with E-state index < -0.39 is 15.4 Å². The molecule has 0 saturated carbocycles. The van der Waals surface area contributed by atoms with E-state index in [2.05, 4.69) is 6.92 Å². The molecule has 158 valence electrons. The Hall–Kier alpha value is -0.130. The topological polar surface area (TPSA) is 74.6 Å². The monoisotopic (exact) mass is 392 g/mol. The van der Waals surface area contributed by atoms with Crippen LogP contribution in [0.4, 0.5) is 0 Å². The molecular weight excluding hydrogens is 348 g/mol. The molecule has 0 fully saturated rings. The van der Waals surface area contributed by atoms with E-state index in [0.717, 1.165) is 57.8 Å². The molecular formula is C21H44O4S. The number of aliphatic hydroxyl groups excluding tert-OH is 1. The Morgan fingerprint density at radius 3 is 1.38 bits per heavy atom. The highest BCUT2D eigenvalue weighted by Gasteiger charge is 2.15. The molecule has 0 aromatic rings. The second-order valence-electron chi connectivity index (χ2n) is 7.94. The first kappa shape index (κ1) is 25.9. The lowest BCUT2D eigenvalue weighted by atomic mass is 10.0. The summed E-state index contributed by atoms with van der Waals surface area (Å²) in [7, 11) is -3.86. The van der Waals surface area contributed by atoms with Crippen molar-refractivity contribution in [3.05, 3.63) is 0 Å². The maximum atomic E-state index is 10.9. The number of hydrogen-bond acceptors (Lipinski definition) is 3. The fourth-order valence-electron chi connectivity index (χ4n) is 3.33. The highest BCUT2D eigenvalue weighted by molar-refractivity contribution is 7.86. The normalized spacial score (nSPS) is 14.5. The summed E-state index contributed by atoms with van der Waals surface area (Å²) in [5.41, 5.74) is 0. The van der Waals surface area contributed by atoms with Crippen molar-refractivity contribution in [3.63, 3.8) is 0 Å². The second kappa shape index (κ2) is 17.0. The molecule has 2 atom stereocenters. The van der Waals surface area contributed by atoms with Crippen LogP contribution >= 0.6 is 0 Å². The highest BCUT2D eigenvalue weighted by atomic mass is 32.2. The van der Waals surface area contributed by atoms with Gasteiger partial charge in [-0.15, -0.1) is 0 Å². The molecule has 0 aliphatic rings. The zero-order valence-corrected chi connectivity index (χ0v) is 18.1. The van der Waals surface area contributed by atoms with Gasteiger partial charge in [0.25, 0.3) is 10.1 Å². The van der Waals surface area contributed by atoms with Gasteiger partial charge in [-0.1, -0.05) is 96.8 Å². The molecule has 0 heterocycles. The molecule has 2 N–H and O–H groups in total. The third-order valence-electron chi connectivity index (χ3n) is 5.30. The van der Waals surface area contributed by atoms with Crippen LogP contribution in [0, 0.1) is 0 Å². The molecule has 0 aromatic carbocycles. The van der Waals surface area contributed by atoms with Crippen LogP contribution in [0.3, 0.4) is 0 Å². The minimum Gasteiger partial charge on any atom is -0.393 e. The minimum absolute atomic E-state index is 0.134. The van der Waals surface area contributed by atoms with Crippen LogP contribution in [0.15, 0.2) is 0 Å². The average Bonchev–Trinajstić information content (AvgIpc) is 2.58. The fraction of sp³-hybridized carbons (Fsp3) is 1.00. The molecule has 26 heavy (non-hydrogen) atoms. The SMILES string of the molecule is CCCCCCCCCCC(O)CCCCCCCCC(C)S(=O)(=O)O. The standard InChI is InChI=1S/C21H44O4S/c1-3-4-5-6-7-8-12-15-18-21(22)19-16-13-10-9-11-14-17-20(2)26(23,24)25/h20-22H,3-19H2,1-2H3,(H,23,24,25). The summed E-state index contributed by atoms with van der Waals surface area (Å²) in [5.74, 6) is 0. The van der Waals surface area contributed by atoms with E-state index >= 15 is 0 Å². The fourth-order valence-corrected chi connectivity index (χ4v) is 3.79. The lowest BCUT2D eigenvalue weighted by Crippen LogP contribution is -2.16. The highest BCUT2D eigenvalue weighted by Crippen LogP contribution is 2.16. The molecule has 0 rings (SSSR count). The summed E-state index contributed by atoms with van der Waals surface area (Å²) < 4.78 is 30.7. The van der Waals surface area contributed by atoms with Gasteiger partial charge >= 0.3 is 0 Å². The zero-order valence-electron chi connectivity index (χ0n) is 17.3. The Balaban J connectivity index is 3.30. The van der Waals surface area contributed by atoms with Crippen LogP contribution in [-0.4, -0.2) is 29.4 Å². The van der Waals surface area contributed by atoms with Gasteiger partial charge in [-0.3, -0.25) is 4.55 Å². The molecule has 0 amide bonds. The molecule has 0 saturated heterocycles. The van der Waals surface area contributed by atoms with E-state index in [1.54, 1.807) is 6.92 Å². The summed E-state index contributed by atoms with van der Waals surface area (Å²) in [5, 5.41) is 9.37. The molecule has 0 radical (unpaired) electrons. The van der Waals surface area contributed by atoms with E-state index in [1.165, 1.54) is 44.9 Å². The van der Waals surface area contributed by atoms with Gasteiger partial charge in [-0.05, 0) is 26.2 Å². The summed E-state index contributed by atoms with van der Waals surface area (Å²) >= 11 is 0. The van der Waals surface area contributed by atoms with E-state index in [-0.39, 0.29) is 6.10 Å². The van der Waals surface area contributed by atoms with Crippen LogP contribution < -0.4 is 0 Å². The predicted molar refractivity (Wildman–Crippen MR) is 111 cm³/mol. The average molecular weight is 393 g/mol. The maximum absolute atomic E-state index is 10.9. The first-order valence-electron chi connectivity index (χ1n) is 11.0. The first-order valence-corrected chi connectivity index (χ1v) is 12.5. The number of unbranched alkanes of at least 4 members (excludes halogenated alkanes) is 12. The van der Waals surface area contributed by atoms with Crippen molar-refractivity contribution in [3.8, 4) is 0 Å². The number of rotatable bonds is 19. The summed E-state index contributed by atoms with van der Waals surface area (Å²) in [6.07, 6.45) is 19.1. The summed E-state index contributed by atoms with van der Waals surface area (Å²) in [4.78, 5) is 0. The van der Waals surface area contributed by atoms with Gasteiger partial charge in [0.15, 0.2) is 0 Å². The molecule has 0 bridgehead atoms. The molecule has 5 heteroatoms. The van der Waals surface area contributed by atoms with Crippen molar-refractivity contribution in [1.29, 1.82) is 0 Å². The predicted octanol–water partition coefficient (Wildman–Crippen LogP) is 6.28. The van der Waals surface area contributed by atoms with Gasteiger partial charge < -0.3 is 5.11 Å². The molecule has 2 unspecified atom stereocenters. The van der Waals surface area contributed by atoms with Crippen LogP contribution in [0.1, 0.15) is 123 Å². The van der Waals surface area contributed by atoms with Gasteiger partial charge in [0.2, 0.25) is 0 Å². The van der Waals surface area contributed by atoms with Gasteiger partial charge in [0.05, 0.1) is 11.4 Å². The molecule has 0 aromatic heterocycles. The van der Waals surface area contributed by atoms with Gasteiger partial charge in [-0.25, -0.2) is 0 Å². The Morgan fingerprint density at radius 2 is 1.00 bits per heavy atom. The van der Waals surface area contributed by atoms with Gasteiger partial charge in [0, 0.05) is 0 Å². The summed E-state index contributed by atoms with van der Waals surface area (Å²) in [6, 6.07) is 0. The first-order chi connectivity index (χ1) is 12.4. The van der Waals surface area contributed by atoms with Crippen molar-refractivity contribution in [1.82, 2.24) is 0 Å². The zero-order chi connectivity index (χ0) is 19.7. The smallest absolute Gasteiger partial charge is 0.267 e.